The van der Waals surface area contributed by atoms with E-state index in [0.29, 0.717) is 38.2 Å². The number of likely N-dealkylation sites (tertiary alicyclic amines) is 1. The number of alkyl halides is 6. The lowest BCUT2D eigenvalue weighted by atomic mass is 9.88. The molecule has 0 aliphatic carbocycles. The van der Waals surface area contributed by atoms with Gasteiger partial charge in [0.05, 0.1) is 17.2 Å². The molecule has 7 nitrogen and oxygen atoms in total. The standard InChI is InChI=1S/C19H26FN3O3.C11H10F6N/c1-13-11-15(20)3-4-17(13)18-12-16(5-6-23(18)19(25)26)22-9-7-21(8-10-22)14(2)24;1-6(18-2)7-3-8(10(12,13)14)5-9(4-7)11(15,16)17/h3-4,11,16,18H,5-10,12H2,1-2H3,(H,25,26);3-6H,1-2H3/q;-1/t16-,18+;6-/m01/s1. The van der Waals surface area contributed by atoms with E-state index in [4.69, 9.17) is 0 Å². The van der Waals surface area contributed by atoms with Crippen molar-refractivity contribution >= 4 is 12.0 Å². The summed E-state index contributed by atoms with van der Waals surface area (Å²) in [5, 5.41) is 13.3. The first-order chi connectivity index (χ1) is 20.4. The molecule has 2 saturated heterocycles. The molecule has 1 N–H and O–H groups in total. The Labute approximate surface area is 251 Å². The van der Waals surface area contributed by atoms with E-state index in [1.54, 1.807) is 13.0 Å². The summed E-state index contributed by atoms with van der Waals surface area (Å²) in [5.41, 5.74) is -1.09. The highest BCUT2D eigenvalue weighted by molar-refractivity contribution is 5.73. The van der Waals surface area contributed by atoms with Crippen LogP contribution in [-0.2, 0) is 17.1 Å². The largest absolute Gasteiger partial charge is 0.659 e. The molecular weight excluding hydrogens is 597 g/mol. The van der Waals surface area contributed by atoms with Crippen LogP contribution in [0.5, 0.6) is 0 Å². The summed E-state index contributed by atoms with van der Waals surface area (Å²) in [6, 6.07) is 5.33. The molecule has 2 amide bonds. The zero-order chi connectivity index (χ0) is 33.0. The molecule has 2 aromatic carbocycles. The fourth-order valence-electron chi connectivity index (χ4n) is 5.59. The Morgan fingerprint density at radius 1 is 0.932 bits per heavy atom. The number of nitrogens with zero attached hydrogens (tertiary/aromatic N) is 4. The first-order valence-electron chi connectivity index (χ1n) is 14.1. The van der Waals surface area contributed by atoms with Crippen LogP contribution in [0.1, 0.15) is 66.6 Å². The van der Waals surface area contributed by atoms with Crippen LogP contribution in [0.25, 0.3) is 5.32 Å². The molecule has 0 aromatic heterocycles. The van der Waals surface area contributed by atoms with Crippen molar-refractivity contribution in [1.82, 2.24) is 14.7 Å². The van der Waals surface area contributed by atoms with E-state index in [1.165, 1.54) is 31.0 Å². The fourth-order valence-corrected chi connectivity index (χ4v) is 5.59. The summed E-state index contributed by atoms with van der Waals surface area (Å²) in [4.78, 5) is 28.9. The first kappa shape index (κ1) is 35.1. The van der Waals surface area contributed by atoms with Crippen molar-refractivity contribution in [3.8, 4) is 0 Å². The normalized spacial score (nSPS) is 20.5. The molecule has 2 fully saturated rings. The summed E-state index contributed by atoms with van der Waals surface area (Å²) in [7, 11) is 1.33. The van der Waals surface area contributed by atoms with Gasteiger partial charge in [-0.3, -0.25) is 9.69 Å². The van der Waals surface area contributed by atoms with Gasteiger partial charge in [-0.25, -0.2) is 9.18 Å². The van der Waals surface area contributed by atoms with Gasteiger partial charge in [0, 0.05) is 45.7 Å². The van der Waals surface area contributed by atoms with Crippen LogP contribution in [0.4, 0.5) is 35.5 Å². The number of amides is 2. The van der Waals surface area contributed by atoms with E-state index in [2.05, 4.69) is 10.2 Å². The molecule has 2 aromatic rings. The van der Waals surface area contributed by atoms with Gasteiger partial charge in [-0.1, -0.05) is 18.6 Å². The highest BCUT2D eigenvalue weighted by Gasteiger charge is 2.38. The third-order valence-electron chi connectivity index (χ3n) is 8.17. The van der Waals surface area contributed by atoms with Gasteiger partial charge in [0.25, 0.3) is 0 Å². The average molecular weight is 634 g/mol. The Balaban J connectivity index is 0.000000259. The second-order valence-electron chi connectivity index (χ2n) is 11.0. The number of carbonyl (C=O) groups excluding carboxylic acids is 1. The number of carbonyl (C=O) groups is 2. The number of piperazine rings is 1. The number of rotatable bonds is 4. The van der Waals surface area contributed by atoms with E-state index < -0.39 is 35.6 Å². The van der Waals surface area contributed by atoms with E-state index >= 15 is 0 Å². The van der Waals surface area contributed by atoms with Crippen LogP contribution in [0, 0.1) is 12.7 Å². The lowest BCUT2D eigenvalue weighted by Crippen LogP contribution is -2.55. The Morgan fingerprint density at radius 3 is 1.95 bits per heavy atom. The highest BCUT2D eigenvalue weighted by atomic mass is 19.4. The smallest absolute Gasteiger partial charge is 0.416 e. The summed E-state index contributed by atoms with van der Waals surface area (Å²) in [6.07, 6.45) is -9.09. The van der Waals surface area contributed by atoms with E-state index in [-0.39, 0.29) is 35.4 Å². The maximum Gasteiger partial charge on any atom is 0.416 e. The predicted molar refractivity (Wildman–Crippen MR) is 150 cm³/mol. The number of aryl methyl sites for hydroxylation is 1. The molecular formula is C30H36F7N4O3-. The molecule has 2 heterocycles. The third kappa shape index (κ3) is 8.84. The van der Waals surface area contributed by atoms with Crippen LogP contribution in [-0.4, -0.2) is 77.6 Å². The molecule has 14 heteroatoms. The maximum atomic E-state index is 13.5. The van der Waals surface area contributed by atoms with Crippen molar-refractivity contribution in [2.75, 3.05) is 39.8 Å². The van der Waals surface area contributed by atoms with Gasteiger partial charge in [0.2, 0.25) is 5.91 Å². The second kappa shape index (κ2) is 14.1. The molecule has 0 radical (unpaired) electrons. The summed E-state index contributed by atoms with van der Waals surface area (Å²) < 4.78 is 88.5. The number of benzene rings is 2. The van der Waals surface area contributed by atoms with Gasteiger partial charge in [-0.15, -0.1) is 6.04 Å². The van der Waals surface area contributed by atoms with Crippen molar-refractivity contribution in [3.63, 3.8) is 0 Å². The minimum Gasteiger partial charge on any atom is -0.659 e. The zero-order valence-corrected chi connectivity index (χ0v) is 24.8. The maximum absolute atomic E-state index is 13.5. The van der Waals surface area contributed by atoms with Crippen LogP contribution >= 0.6 is 0 Å². The highest BCUT2D eigenvalue weighted by Crippen LogP contribution is 2.38. The molecule has 244 valence electrons. The molecule has 3 atom stereocenters. The monoisotopic (exact) mass is 633 g/mol. The Morgan fingerprint density at radius 2 is 1.50 bits per heavy atom. The number of carboxylic acid groups (broad SMARTS) is 1. The van der Waals surface area contributed by atoms with Gasteiger partial charge < -0.3 is 20.2 Å². The van der Waals surface area contributed by atoms with Gasteiger partial charge >= 0.3 is 18.4 Å². The lowest BCUT2D eigenvalue weighted by molar-refractivity contribution is -0.143. The Kier molecular flexibility index (Phi) is 11.3. The molecule has 0 spiro atoms. The van der Waals surface area contributed by atoms with Gasteiger partial charge in [0.15, 0.2) is 0 Å². The minimum absolute atomic E-state index is 0.102. The van der Waals surface area contributed by atoms with Crippen molar-refractivity contribution in [2.24, 2.45) is 0 Å². The Bertz CT molecular complexity index is 1280. The van der Waals surface area contributed by atoms with Crippen molar-refractivity contribution in [1.29, 1.82) is 0 Å². The molecule has 0 unspecified atom stereocenters. The third-order valence-corrected chi connectivity index (χ3v) is 8.17. The average Bonchev–Trinajstić information content (AvgIpc) is 2.95. The summed E-state index contributed by atoms with van der Waals surface area (Å²) in [6.45, 7) is 8.37. The van der Waals surface area contributed by atoms with E-state index in [0.717, 1.165) is 30.6 Å². The number of hydrogen-bond donors (Lipinski definition) is 1. The second-order valence-corrected chi connectivity index (χ2v) is 11.0. The predicted octanol–water partition coefficient (Wildman–Crippen LogP) is 7.27. The molecule has 2 aliphatic heterocycles. The molecule has 0 saturated carbocycles. The van der Waals surface area contributed by atoms with Crippen molar-refractivity contribution < 1.29 is 45.4 Å². The minimum atomic E-state index is -4.82. The first-order valence-corrected chi connectivity index (χ1v) is 14.1. The zero-order valence-electron chi connectivity index (χ0n) is 24.8. The lowest BCUT2D eigenvalue weighted by Gasteiger charge is -2.45. The van der Waals surface area contributed by atoms with E-state index in [9.17, 15) is 45.4 Å². The van der Waals surface area contributed by atoms with Crippen molar-refractivity contribution in [2.45, 2.75) is 64.1 Å². The van der Waals surface area contributed by atoms with Gasteiger partial charge in [0.1, 0.15) is 5.82 Å². The van der Waals surface area contributed by atoms with E-state index in [1.807, 2.05) is 11.8 Å². The Hall–Kier alpha value is -3.39. The molecule has 2 aliphatic rings. The fraction of sp³-hybridized carbons (Fsp3) is 0.533. The number of piperidine rings is 1. The van der Waals surface area contributed by atoms with Crippen LogP contribution < -0.4 is 0 Å². The van der Waals surface area contributed by atoms with Crippen molar-refractivity contribution in [3.05, 3.63) is 75.3 Å². The molecule has 44 heavy (non-hydrogen) atoms. The van der Waals surface area contributed by atoms with Crippen LogP contribution in [0.3, 0.4) is 0 Å². The summed E-state index contributed by atoms with van der Waals surface area (Å²) >= 11 is 0. The summed E-state index contributed by atoms with van der Waals surface area (Å²) in [5.74, 6) is -0.203. The topological polar surface area (TPSA) is 78.2 Å². The SMILES string of the molecule is CC(=O)N1CCN([C@H]2CCN(C(=O)O)[C@@H](c3ccc(F)cc3C)C2)CC1.C[N-][C@H](C)c1cc(C(F)(F)F)cc(C(F)(F)F)c1. The van der Waals surface area contributed by atoms with Crippen LogP contribution in [0.15, 0.2) is 36.4 Å². The van der Waals surface area contributed by atoms with Crippen LogP contribution in [0.2, 0.25) is 0 Å². The number of hydrogen-bond acceptors (Lipinski definition) is 3. The number of halogens is 7. The quantitative estimate of drug-likeness (QED) is 0.360. The molecule has 0 bridgehead atoms. The van der Waals surface area contributed by atoms with Gasteiger partial charge in [-0.05, 0) is 61.2 Å². The van der Waals surface area contributed by atoms with Gasteiger partial charge in [-0.2, -0.15) is 33.4 Å². The molecule has 4 rings (SSSR count).